The van der Waals surface area contributed by atoms with Crippen LogP contribution in [0.3, 0.4) is 0 Å². The molecule has 1 rings (SSSR count). The van der Waals surface area contributed by atoms with Crippen molar-refractivity contribution in [3.8, 4) is 0 Å². The molecule has 0 spiro atoms. The van der Waals surface area contributed by atoms with E-state index in [9.17, 15) is 18.0 Å². The first-order valence-electron chi connectivity index (χ1n) is 7.65. The van der Waals surface area contributed by atoms with Gasteiger partial charge in [0.05, 0.1) is 11.2 Å². The van der Waals surface area contributed by atoms with Crippen molar-refractivity contribution in [3.05, 3.63) is 35.4 Å². The van der Waals surface area contributed by atoms with Crippen molar-refractivity contribution in [2.75, 3.05) is 12.3 Å². The number of rotatable bonds is 9. The first-order chi connectivity index (χ1) is 11.1. The zero-order chi connectivity index (χ0) is 18.4. The molecule has 0 aliphatic rings. The molecule has 1 aromatic rings. The number of amides is 1. The van der Waals surface area contributed by atoms with Gasteiger partial charge in [0.1, 0.15) is 0 Å². The quantitative estimate of drug-likeness (QED) is 0.618. The Morgan fingerprint density at radius 3 is 2.25 bits per heavy atom. The minimum atomic E-state index is -3.25. The Morgan fingerprint density at radius 2 is 1.75 bits per heavy atom. The predicted octanol–water partition coefficient (Wildman–Crippen LogP) is 1.36. The molecule has 8 heteroatoms. The molecule has 0 aliphatic heterocycles. The maximum Gasteiger partial charge on any atom is 0.309 e. The van der Waals surface area contributed by atoms with Gasteiger partial charge in [-0.2, -0.15) is 0 Å². The molecule has 0 radical (unpaired) electrons. The van der Waals surface area contributed by atoms with Crippen LogP contribution in [-0.4, -0.2) is 37.7 Å². The Morgan fingerprint density at radius 1 is 1.17 bits per heavy atom. The molecule has 0 aromatic heterocycles. The summed E-state index contributed by atoms with van der Waals surface area (Å²) in [5.41, 5.74) is 0.286. The van der Waals surface area contributed by atoms with E-state index in [4.69, 9.17) is 5.11 Å². The van der Waals surface area contributed by atoms with Crippen LogP contribution in [0.1, 0.15) is 43.1 Å². The molecule has 0 atom stereocenters. The third kappa shape index (κ3) is 6.29. The van der Waals surface area contributed by atoms with Crippen LogP contribution in [0.4, 0.5) is 0 Å². The molecule has 7 nitrogen and oxygen atoms in total. The fraction of sp³-hybridized carbons (Fsp3) is 0.500. The fourth-order valence-corrected chi connectivity index (χ4v) is 2.36. The van der Waals surface area contributed by atoms with Gasteiger partial charge in [0.25, 0.3) is 5.91 Å². The number of hydrogen-bond donors (Lipinski definition) is 3. The molecular formula is C16H24N2O5S. The van der Waals surface area contributed by atoms with E-state index in [0.29, 0.717) is 12.0 Å². The average Bonchev–Trinajstić information content (AvgIpc) is 2.53. The van der Waals surface area contributed by atoms with Gasteiger partial charge in [-0.25, -0.2) is 13.1 Å². The number of carbonyl (C=O) groups excluding carboxylic acids is 1. The summed E-state index contributed by atoms with van der Waals surface area (Å²) in [4.78, 5) is 23.0. The lowest BCUT2D eigenvalue weighted by Gasteiger charge is -2.18. The standard InChI is InChI=1S/C16H24N2O5S/c1-4-24(22,23)18-11-12-5-7-13(8-6-12)14(19)17-10-9-16(2,3)15(20)21/h5-8,18H,4,9-11H2,1-3H3,(H,17,19)(H,20,21). The lowest BCUT2D eigenvalue weighted by atomic mass is 9.90. The van der Waals surface area contributed by atoms with Crippen LogP contribution < -0.4 is 10.0 Å². The van der Waals surface area contributed by atoms with Gasteiger partial charge >= 0.3 is 5.97 Å². The van der Waals surface area contributed by atoms with Crippen LogP contribution in [0.5, 0.6) is 0 Å². The smallest absolute Gasteiger partial charge is 0.309 e. The zero-order valence-corrected chi connectivity index (χ0v) is 14.9. The topological polar surface area (TPSA) is 113 Å². The maximum atomic E-state index is 12.0. The molecule has 0 heterocycles. The Labute approximate surface area is 142 Å². The minimum absolute atomic E-state index is 0.0141. The van der Waals surface area contributed by atoms with E-state index in [1.165, 1.54) is 0 Å². The molecular weight excluding hydrogens is 332 g/mol. The van der Waals surface area contributed by atoms with Crippen molar-refractivity contribution in [2.24, 2.45) is 5.41 Å². The average molecular weight is 356 g/mol. The molecule has 3 N–H and O–H groups in total. The van der Waals surface area contributed by atoms with E-state index in [1.807, 2.05) is 0 Å². The van der Waals surface area contributed by atoms with Crippen molar-refractivity contribution in [2.45, 2.75) is 33.7 Å². The molecule has 1 aromatic carbocycles. The van der Waals surface area contributed by atoms with Crippen LogP contribution >= 0.6 is 0 Å². The number of carbonyl (C=O) groups is 2. The molecule has 0 bridgehead atoms. The minimum Gasteiger partial charge on any atom is -0.481 e. The summed E-state index contributed by atoms with van der Waals surface area (Å²) in [5.74, 6) is -1.19. The molecule has 134 valence electrons. The second-order valence-electron chi connectivity index (χ2n) is 6.12. The normalized spacial score (nSPS) is 12.0. The van der Waals surface area contributed by atoms with Crippen LogP contribution in [-0.2, 0) is 21.4 Å². The van der Waals surface area contributed by atoms with Gasteiger partial charge in [0.15, 0.2) is 0 Å². The molecule has 0 saturated carbocycles. The third-order valence-electron chi connectivity index (χ3n) is 3.71. The highest BCUT2D eigenvalue weighted by Crippen LogP contribution is 2.19. The van der Waals surface area contributed by atoms with Gasteiger partial charge in [0, 0.05) is 18.7 Å². The second-order valence-corrected chi connectivity index (χ2v) is 8.21. The molecule has 0 aliphatic carbocycles. The van der Waals surface area contributed by atoms with E-state index in [0.717, 1.165) is 5.56 Å². The first-order valence-corrected chi connectivity index (χ1v) is 9.30. The summed E-state index contributed by atoms with van der Waals surface area (Å²) in [6, 6.07) is 6.56. The van der Waals surface area contributed by atoms with Crippen molar-refractivity contribution < 1.29 is 23.1 Å². The molecule has 0 saturated heterocycles. The van der Waals surface area contributed by atoms with Gasteiger partial charge in [-0.05, 0) is 44.9 Å². The fourth-order valence-electron chi connectivity index (χ4n) is 1.77. The highest BCUT2D eigenvalue weighted by Gasteiger charge is 2.26. The summed E-state index contributed by atoms with van der Waals surface area (Å²) >= 11 is 0. The van der Waals surface area contributed by atoms with Gasteiger partial charge in [-0.15, -0.1) is 0 Å². The van der Waals surface area contributed by atoms with E-state index in [-0.39, 0.29) is 24.7 Å². The number of carboxylic acid groups (broad SMARTS) is 1. The third-order valence-corrected chi connectivity index (χ3v) is 5.05. The van der Waals surface area contributed by atoms with E-state index >= 15 is 0 Å². The van der Waals surface area contributed by atoms with Crippen LogP contribution in [0.2, 0.25) is 0 Å². The van der Waals surface area contributed by atoms with Gasteiger partial charge < -0.3 is 10.4 Å². The highest BCUT2D eigenvalue weighted by atomic mass is 32.2. The molecule has 1 amide bonds. The number of sulfonamides is 1. The number of hydrogen-bond acceptors (Lipinski definition) is 4. The second kappa shape index (κ2) is 8.25. The number of nitrogens with one attached hydrogen (secondary N) is 2. The number of benzene rings is 1. The highest BCUT2D eigenvalue weighted by molar-refractivity contribution is 7.89. The predicted molar refractivity (Wildman–Crippen MR) is 91.1 cm³/mol. The summed E-state index contributed by atoms with van der Waals surface area (Å²) in [6.45, 7) is 5.20. The zero-order valence-electron chi connectivity index (χ0n) is 14.1. The molecule has 0 unspecified atom stereocenters. The summed E-state index contributed by atoms with van der Waals surface area (Å²) in [6.07, 6.45) is 0.324. The van der Waals surface area contributed by atoms with Gasteiger partial charge in [0.2, 0.25) is 10.0 Å². The Bertz CT molecular complexity index is 681. The van der Waals surface area contributed by atoms with Gasteiger partial charge in [-0.3, -0.25) is 9.59 Å². The lowest BCUT2D eigenvalue weighted by Crippen LogP contribution is -2.32. The van der Waals surface area contributed by atoms with Crippen LogP contribution in [0, 0.1) is 5.41 Å². The van der Waals surface area contributed by atoms with Crippen molar-refractivity contribution in [3.63, 3.8) is 0 Å². The molecule has 0 fully saturated rings. The van der Waals surface area contributed by atoms with Crippen LogP contribution in [0.25, 0.3) is 0 Å². The first kappa shape index (κ1) is 20.1. The van der Waals surface area contributed by atoms with E-state index < -0.39 is 21.4 Å². The number of carboxylic acids is 1. The Hall–Kier alpha value is -1.93. The summed E-state index contributed by atoms with van der Waals surface area (Å²) in [5, 5.41) is 11.7. The largest absolute Gasteiger partial charge is 0.481 e. The maximum absolute atomic E-state index is 12.0. The van der Waals surface area contributed by atoms with Crippen LogP contribution in [0.15, 0.2) is 24.3 Å². The monoisotopic (exact) mass is 356 g/mol. The summed E-state index contributed by atoms with van der Waals surface area (Å²) < 4.78 is 25.2. The van der Waals surface area contributed by atoms with E-state index in [2.05, 4.69) is 10.0 Å². The Balaban J connectivity index is 2.53. The Kier molecular flexibility index (Phi) is 6.92. The lowest BCUT2D eigenvalue weighted by molar-refractivity contribution is -0.147. The van der Waals surface area contributed by atoms with Crippen molar-refractivity contribution in [1.29, 1.82) is 0 Å². The number of aliphatic carboxylic acids is 1. The van der Waals surface area contributed by atoms with Gasteiger partial charge in [-0.1, -0.05) is 12.1 Å². The van der Waals surface area contributed by atoms with Crippen molar-refractivity contribution >= 4 is 21.9 Å². The summed E-state index contributed by atoms with van der Waals surface area (Å²) in [7, 11) is -3.25. The van der Waals surface area contributed by atoms with E-state index in [1.54, 1.807) is 45.0 Å². The molecule has 24 heavy (non-hydrogen) atoms. The van der Waals surface area contributed by atoms with Crippen molar-refractivity contribution in [1.82, 2.24) is 10.0 Å². The SMILES string of the molecule is CCS(=O)(=O)NCc1ccc(C(=O)NCCC(C)(C)C(=O)O)cc1.